The SMILES string of the molecule is COc1ccc(N2CCN(C(=O)CSc3nnc(N)s3)CC2)cc1. The molecule has 7 nitrogen and oxygen atoms in total. The number of anilines is 2. The number of benzene rings is 1. The molecule has 1 fully saturated rings. The number of nitrogens with zero attached hydrogens (tertiary/aromatic N) is 4. The van der Waals surface area contributed by atoms with E-state index in [0.29, 0.717) is 10.9 Å². The molecule has 1 aliphatic heterocycles. The van der Waals surface area contributed by atoms with Crippen LogP contribution in [0.1, 0.15) is 0 Å². The Morgan fingerprint density at radius 3 is 2.54 bits per heavy atom. The highest BCUT2D eigenvalue weighted by molar-refractivity contribution is 8.01. The average Bonchev–Trinajstić information content (AvgIpc) is 3.05. The maximum absolute atomic E-state index is 12.3. The predicted molar refractivity (Wildman–Crippen MR) is 96.8 cm³/mol. The van der Waals surface area contributed by atoms with Crippen LogP contribution in [0.25, 0.3) is 0 Å². The van der Waals surface area contributed by atoms with Gasteiger partial charge >= 0.3 is 0 Å². The Morgan fingerprint density at radius 1 is 1.25 bits per heavy atom. The largest absolute Gasteiger partial charge is 0.497 e. The molecule has 0 bridgehead atoms. The standard InChI is InChI=1S/C15H19N5O2S2/c1-22-12-4-2-11(3-5-12)19-6-8-20(9-7-19)13(21)10-23-15-18-17-14(16)24-15/h2-5H,6-10H2,1H3,(H2,16,17). The number of methoxy groups -OCH3 is 1. The fraction of sp³-hybridized carbons (Fsp3) is 0.400. The first-order valence-electron chi connectivity index (χ1n) is 7.54. The normalized spacial score (nSPS) is 14.7. The number of aromatic nitrogens is 2. The molecule has 0 spiro atoms. The zero-order valence-corrected chi connectivity index (χ0v) is 15.0. The summed E-state index contributed by atoms with van der Waals surface area (Å²) in [5.74, 6) is 1.35. The lowest BCUT2D eigenvalue weighted by Crippen LogP contribution is -2.49. The number of nitrogens with two attached hydrogens (primary N) is 1. The van der Waals surface area contributed by atoms with Crippen molar-refractivity contribution in [3.05, 3.63) is 24.3 Å². The topological polar surface area (TPSA) is 84.6 Å². The number of rotatable bonds is 5. The van der Waals surface area contributed by atoms with Crippen molar-refractivity contribution in [1.82, 2.24) is 15.1 Å². The minimum Gasteiger partial charge on any atom is -0.497 e. The van der Waals surface area contributed by atoms with Crippen LogP contribution in [-0.4, -0.2) is 60.0 Å². The molecule has 1 saturated heterocycles. The lowest BCUT2D eigenvalue weighted by atomic mass is 10.2. The second-order valence-electron chi connectivity index (χ2n) is 5.26. The third kappa shape index (κ3) is 4.09. The Labute approximate surface area is 148 Å². The van der Waals surface area contributed by atoms with Crippen LogP contribution in [0.2, 0.25) is 0 Å². The van der Waals surface area contributed by atoms with E-state index < -0.39 is 0 Å². The summed E-state index contributed by atoms with van der Waals surface area (Å²) in [5, 5.41) is 8.09. The predicted octanol–water partition coefficient (Wildman–Crippen LogP) is 1.57. The first-order valence-corrected chi connectivity index (χ1v) is 9.34. The number of thioether (sulfide) groups is 1. The highest BCUT2D eigenvalue weighted by Gasteiger charge is 2.21. The summed E-state index contributed by atoms with van der Waals surface area (Å²) in [7, 11) is 1.66. The number of hydrogen-bond acceptors (Lipinski definition) is 8. The maximum Gasteiger partial charge on any atom is 0.233 e. The lowest BCUT2D eigenvalue weighted by Gasteiger charge is -2.36. The second-order valence-corrected chi connectivity index (χ2v) is 7.49. The molecule has 0 radical (unpaired) electrons. The Bertz CT molecular complexity index is 683. The van der Waals surface area contributed by atoms with Crippen LogP contribution in [0.4, 0.5) is 10.8 Å². The molecule has 128 valence electrons. The van der Waals surface area contributed by atoms with Crippen molar-refractivity contribution in [2.45, 2.75) is 4.34 Å². The minimum atomic E-state index is 0.128. The summed E-state index contributed by atoms with van der Waals surface area (Å²) in [6, 6.07) is 8.01. The van der Waals surface area contributed by atoms with E-state index in [4.69, 9.17) is 10.5 Å². The van der Waals surface area contributed by atoms with Crippen LogP contribution in [0, 0.1) is 0 Å². The fourth-order valence-electron chi connectivity index (χ4n) is 2.50. The molecule has 0 aliphatic carbocycles. The van der Waals surface area contributed by atoms with Crippen molar-refractivity contribution in [2.24, 2.45) is 0 Å². The van der Waals surface area contributed by atoms with Gasteiger partial charge in [-0.3, -0.25) is 4.79 Å². The molecule has 3 rings (SSSR count). The van der Waals surface area contributed by atoms with Crippen LogP contribution in [0.5, 0.6) is 5.75 Å². The van der Waals surface area contributed by atoms with Gasteiger partial charge in [-0.05, 0) is 24.3 Å². The van der Waals surface area contributed by atoms with Gasteiger partial charge in [-0.2, -0.15) is 0 Å². The summed E-state index contributed by atoms with van der Waals surface area (Å²) in [5.41, 5.74) is 6.69. The Hall–Kier alpha value is -2.00. The van der Waals surface area contributed by atoms with Crippen molar-refractivity contribution in [3.8, 4) is 5.75 Å². The number of carbonyl (C=O) groups excluding carboxylic acids is 1. The van der Waals surface area contributed by atoms with E-state index in [9.17, 15) is 4.79 Å². The van der Waals surface area contributed by atoms with E-state index >= 15 is 0 Å². The highest BCUT2D eigenvalue weighted by Crippen LogP contribution is 2.24. The molecular formula is C15H19N5O2S2. The molecule has 2 heterocycles. The van der Waals surface area contributed by atoms with Crippen LogP contribution in [0.3, 0.4) is 0 Å². The van der Waals surface area contributed by atoms with Gasteiger partial charge in [0.25, 0.3) is 0 Å². The van der Waals surface area contributed by atoms with Gasteiger partial charge in [-0.15, -0.1) is 10.2 Å². The summed E-state index contributed by atoms with van der Waals surface area (Å²) in [6.07, 6.45) is 0. The summed E-state index contributed by atoms with van der Waals surface area (Å²) in [4.78, 5) is 16.5. The quantitative estimate of drug-likeness (QED) is 0.805. The molecular weight excluding hydrogens is 346 g/mol. The van der Waals surface area contributed by atoms with Gasteiger partial charge in [-0.1, -0.05) is 23.1 Å². The second kappa shape index (κ2) is 7.71. The summed E-state index contributed by atoms with van der Waals surface area (Å²) in [6.45, 7) is 3.11. The first kappa shape index (κ1) is 16.8. The fourth-order valence-corrected chi connectivity index (χ4v) is 4.04. The van der Waals surface area contributed by atoms with Crippen molar-refractivity contribution < 1.29 is 9.53 Å². The van der Waals surface area contributed by atoms with E-state index in [1.807, 2.05) is 29.2 Å². The highest BCUT2D eigenvalue weighted by atomic mass is 32.2. The molecule has 0 atom stereocenters. The minimum absolute atomic E-state index is 0.128. The summed E-state index contributed by atoms with van der Waals surface area (Å²) < 4.78 is 5.91. The number of piperazine rings is 1. The van der Waals surface area contributed by atoms with Crippen LogP contribution in [0.15, 0.2) is 28.6 Å². The number of amides is 1. The molecule has 0 saturated carbocycles. The van der Waals surface area contributed by atoms with E-state index in [1.54, 1.807) is 7.11 Å². The number of carbonyl (C=O) groups is 1. The van der Waals surface area contributed by atoms with Crippen molar-refractivity contribution in [3.63, 3.8) is 0 Å². The third-order valence-corrected chi connectivity index (χ3v) is 5.68. The lowest BCUT2D eigenvalue weighted by molar-refractivity contribution is -0.128. The van der Waals surface area contributed by atoms with Crippen LogP contribution < -0.4 is 15.4 Å². The molecule has 2 N–H and O–H groups in total. The van der Waals surface area contributed by atoms with Gasteiger partial charge in [0.15, 0.2) is 4.34 Å². The monoisotopic (exact) mass is 365 g/mol. The maximum atomic E-state index is 12.3. The van der Waals surface area contributed by atoms with E-state index in [2.05, 4.69) is 15.1 Å². The molecule has 0 unspecified atom stereocenters. The molecule has 1 aliphatic rings. The van der Waals surface area contributed by atoms with E-state index in [1.165, 1.54) is 23.1 Å². The number of ether oxygens (including phenoxy) is 1. The van der Waals surface area contributed by atoms with Gasteiger partial charge in [0.2, 0.25) is 11.0 Å². The molecule has 24 heavy (non-hydrogen) atoms. The molecule has 2 aromatic rings. The van der Waals surface area contributed by atoms with Gasteiger partial charge in [0, 0.05) is 31.9 Å². The molecule has 9 heteroatoms. The van der Waals surface area contributed by atoms with Gasteiger partial charge in [0.1, 0.15) is 5.75 Å². The first-order chi connectivity index (χ1) is 11.7. The molecule has 1 amide bonds. The number of nitrogen functional groups attached to an aromatic ring is 1. The number of hydrogen-bond donors (Lipinski definition) is 1. The van der Waals surface area contributed by atoms with E-state index in [-0.39, 0.29) is 5.91 Å². The third-order valence-electron chi connectivity index (χ3n) is 3.81. The zero-order valence-electron chi connectivity index (χ0n) is 13.3. The van der Waals surface area contributed by atoms with Crippen LogP contribution >= 0.6 is 23.1 Å². The average molecular weight is 365 g/mol. The van der Waals surface area contributed by atoms with Crippen molar-refractivity contribution >= 4 is 39.8 Å². The Kier molecular flexibility index (Phi) is 5.41. The summed E-state index contributed by atoms with van der Waals surface area (Å²) >= 11 is 2.70. The zero-order chi connectivity index (χ0) is 16.9. The van der Waals surface area contributed by atoms with E-state index in [0.717, 1.165) is 42.0 Å². The Balaban J connectivity index is 1.47. The van der Waals surface area contributed by atoms with Crippen LogP contribution in [-0.2, 0) is 4.79 Å². The van der Waals surface area contributed by atoms with Gasteiger partial charge in [-0.25, -0.2) is 0 Å². The van der Waals surface area contributed by atoms with Gasteiger partial charge < -0.3 is 20.3 Å². The Morgan fingerprint density at radius 2 is 1.96 bits per heavy atom. The van der Waals surface area contributed by atoms with Crippen molar-refractivity contribution in [2.75, 3.05) is 49.7 Å². The molecule has 1 aromatic heterocycles. The van der Waals surface area contributed by atoms with Crippen molar-refractivity contribution in [1.29, 1.82) is 0 Å². The van der Waals surface area contributed by atoms with Gasteiger partial charge in [0.05, 0.1) is 12.9 Å². The smallest absolute Gasteiger partial charge is 0.233 e. The molecule has 1 aromatic carbocycles.